The van der Waals surface area contributed by atoms with E-state index in [0.717, 1.165) is 18.4 Å². The number of aliphatic hydroxyl groups is 1. The summed E-state index contributed by atoms with van der Waals surface area (Å²) in [6, 6.07) is 13.2. The van der Waals surface area contributed by atoms with Crippen molar-refractivity contribution in [3.05, 3.63) is 82.9 Å². The molecule has 2 atom stereocenters. The Morgan fingerprint density at radius 3 is 2.45 bits per heavy atom. The number of benzene rings is 2. The second kappa shape index (κ2) is 17.5. The van der Waals surface area contributed by atoms with Gasteiger partial charge in [-0.2, -0.15) is 0 Å². The SMILES string of the molecule is CCCCC/C=C/c1ccc(C/C=C\[C@@H](SCc2ccc(C(=O)O)cc2OC)[C@@H](O)CCCC(=O)O)cc1. The van der Waals surface area contributed by atoms with Gasteiger partial charge in [-0.1, -0.05) is 74.4 Å². The predicted octanol–water partition coefficient (Wildman–Crippen LogP) is 7.00. The molecule has 38 heavy (non-hydrogen) atoms. The maximum absolute atomic E-state index is 11.3. The molecule has 0 saturated carbocycles. The molecule has 0 aliphatic carbocycles. The number of ether oxygens (including phenoxy) is 1. The quantitative estimate of drug-likeness (QED) is 0.138. The summed E-state index contributed by atoms with van der Waals surface area (Å²) in [6.07, 6.45) is 14.0. The van der Waals surface area contributed by atoms with Gasteiger partial charge in [-0.05, 0) is 55.4 Å². The van der Waals surface area contributed by atoms with E-state index in [2.05, 4.69) is 43.3 Å². The summed E-state index contributed by atoms with van der Waals surface area (Å²) in [5.41, 5.74) is 3.33. The van der Waals surface area contributed by atoms with E-state index < -0.39 is 18.0 Å². The molecule has 0 aliphatic rings. The highest BCUT2D eigenvalue weighted by molar-refractivity contribution is 7.99. The van der Waals surface area contributed by atoms with Crippen molar-refractivity contribution in [1.29, 1.82) is 0 Å². The molecule has 0 spiro atoms. The summed E-state index contributed by atoms with van der Waals surface area (Å²) in [5.74, 6) is -0.902. The number of unbranched alkanes of at least 4 members (excludes halogenated alkanes) is 3. The van der Waals surface area contributed by atoms with Gasteiger partial charge in [-0.15, -0.1) is 11.8 Å². The van der Waals surface area contributed by atoms with Crippen molar-refractivity contribution in [2.24, 2.45) is 0 Å². The van der Waals surface area contributed by atoms with Crippen LogP contribution in [0.2, 0.25) is 0 Å². The molecule has 6 nitrogen and oxygen atoms in total. The third-order valence-electron chi connectivity index (χ3n) is 6.18. The van der Waals surface area contributed by atoms with Crippen LogP contribution in [-0.2, 0) is 17.0 Å². The largest absolute Gasteiger partial charge is 0.496 e. The first kappa shape index (κ1) is 31.2. The first-order valence-corrected chi connectivity index (χ1v) is 14.2. The standard InChI is InChI=1S/C31H40O6S/c1-3-4-5-6-7-10-23-15-17-24(18-16-23)11-8-13-29(27(32)12-9-14-30(33)34)38-22-26-20-19-25(31(35)36)21-28(26)37-2/h7-8,10,13,15-21,27,29,32H,3-6,9,11-12,14,22H2,1-2H3,(H,33,34)(H,35,36)/b10-7+,13-8-/t27-,29+/m0/s1. The molecule has 2 aromatic carbocycles. The molecule has 2 rings (SSSR count). The second-order valence-electron chi connectivity index (χ2n) is 9.23. The zero-order chi connectivity index (χ0) is 27.8. The molecular weight excluding hydrogens is 500 g/mol. The molecular formula is C31H40O6S. The highest BCUT2D eigenvalue weighted by atomic mass is 32.2. The van der Waals surface area contributed by atoms with Crippen molar-refractivity contribution in [3.63, 3.8) is 0 Å². The topological polar surface area (TPSA) is 104 Å². The van der Waals surface area contributed by atoms with Gasteiger partial charge in [0.2, 0.25) is 0 Å². The van der Waals surface area contributed by atoms with Gasteiger partial charge in [0.25, 0.3) is 0 Å². The van der Waals surface area contributed by atoms with Crippen LogP contribution in [0.1, 0.15) is 78.9 Å². The fourth-order valence-corrected chi connectivity index (χ4v) is 5.13. The normalized spacial score (nSPS) is 13.1. The average Bonchev–Trinajstić information content (AvgIpc) is 2.90. The fraction of sp³-hybridized carbons (Fsp3) is 0.419. The zero-order valence-corrected chi connectivity index (χ0v) is 23.2. The van der Waals surface area contributed by atoms with E-state index in [-0.39, 0.29) is 17.2 Å². The van der Waals surface area contributed by atoms with Crippen LogP contribution in [0, 0.1) is 0 Å². The average molecular weight is 541 g/mol. The fourth-order valence-electron chi connectivity index (χ4n) is 3.94. The van der Waals surface area contributed by atoms with Gasteiger partial charge in [0.05, 0.1) is 18.8 Å². The number of hydrogen-bond donors (Lipinski definition) is 3. The molecule has 0 radical (unpaired) electrons. The number of aromatic carboxylic acids is 1. The van der Waals surface area contributed by atoms with Crippen molar-refractivity contribution in [1.82, 2.24) is 0 Å². The molecule has 2 aromatic rings. The number of carbonyl (C=O) groups is 2. The molecule has 0 heterocycles. The molecule has 3 N–H and O–H groups in total. The minimum Gasteiger partial charge on any atom is -0.496 e. The van der Waals surface area contributed by atoms with E-state index in [4.69, 9.17) is 9.84 Å². The second-order valence-corrected chi connectivity index (χ2v) is 10.4. The Bertz CT molecular complexity index is 1060. The van der Waals surface area contributed by atoms with E-state index in [1.165, 1.54) is 55.3 Å². The van der Waals surface area contributed by atoms with Crippen molar-refractivity contribution in [2.75, 3.05) is 7.11 Å². The Hall–Kier alpha value is -3.03. The van der Waals surface area contributed by atoms with Crippen LogP contribution in [0.5, 0.6) is 5.75 Å². The predicted molar refractivity (Wildman–Crippen MR) is 155 cm³/mol. The summed E-state index contributed by atoms with van der Waals surface area (Å²) >= 11 is 1.52. The van der Waals surface area contributed by atoms with Gasteiger partial charge in [0, 0.05) is 23.0 Å². The smallest absolute Gasteiger partial charge is 0.335 e. The minimum absolute atomic E-state index is 0.0159. The Balaban J connectivity index is 2.03. The molecule has 7 heteroatoms. The number of thioether (sulfide) groups is 1. The molecule has 0 aromatic heterocycles. The summed E-state index contributed by atoms with van der Waals surface area (Å²) in [6.45, 7) is 2.21. The summed E-state index contributed by atoms with van der Waals surface area (Å²) in [4.78, 5) is 22.2. The van der Waals surface area contributed by atoms with E-state index in [1.54, 1.807) is 12.1 Å². The van der Waals surface area contributed by atoms with Gasteiger partial charge in [0.15, 0.2) is 0 Å². The number of aliphatic carboxylic acids is 1. The van der Waals surface area contributed by atoms with E-state index in [9.17, 15) is 19.8 Å². The third-order valence-corrected chi connectivity index (χ3v) is 7.51. The Morgan fingerprint density at radius 2 is 1.79 bits per heavy atom. The first-order chi connectivity index (χ1) is 18.3. The van der Waals surface area contributed by atoms with Crippen LogP contribution >= 0.6 is 11.8 Å². The first-order valence-electron chi connectivity index (χ1n) is 13.2. The number of allylic oxidation sites excluding steroid dienone is 2. The van der Waals surface area contributed by atoms with E-state index in [0.29, 0.717) is 24.3 Å². The molecule has 0 unspecified atom stereocenters. The van der Waals surface area contributed by atoms with Gasteiger partial charge < -0.3 is 20.1 Å². The number of carboxylic acid groups (broad SMARTS) is 2. The number of rotatable bonds is 18. The van der Waals surface area contributed by atoms with Crippen molar-refractivity contribution in [3.8, 4) is 5.75 Å². The summed E-state index contributed by atoms with van der Waals surface area (Å²) in [7, 11) is 1.50. The third kappa shape index (κ3) is 11.6. The number of carboxylic acids is 2. The highest BCUT2D eigenvalue weighted by Gasteiger charge is 2.19. The van der Waals surface area contributed by atoms with Gasteiger partial charge in [0.1, 0.15) is 5.75 Å². The molecule has 206 valence electrons. The van der Waals surface area contributed by atoms with Gasteiger partial charge in [-0.3, -0.25) is 4.79 Å². The van der Waals surface area contributed by atoms with Crippen LogP contribution in [0.25, 0.3) is 6.08 Å². The van der Waals surface area contributed by atoms with Crippen molar-refractivity contribution in [2.45, 2.75) is 75.4 Å². The lowest BCUT2D eigenvalue weighted by atomic mass is 10.1. The van der Waals surface area contributed by atoms with Crippen LogP contribution < -0.4 is 4.74 Å². The van der Waals surface area contributed by atoms with Crippen molar-refractivity contribution >= 4 is 29.8 Å². The summed E-state index contributed by atoms with van der Waals surface area (Å²) in [5, 5.41) is 28.8. The maximum Gasteiger partial charge on any atom is 0.335 e. The highest BCUT2D eigenvalue weighted by Crippen LogP contribution is 2.29. The number of hydrogen-bond acceptors (Lipinski definition) is 5. The monoisotopic (exact) mass is 540 g/mol. The van der Waals surface area contributed by atoms with Gasteiger partial charge >= 0.3 is 11.9 Å². The Morgan fingerprint density at radius 1 is 1.03 bits per heavy atom. The number of methoxy groups -OCH3 is 1. The molecule has 0 aliphatic heterocycles. The van der Waals surface area contributed by atoms with Crippen LogP contribution in [0.3, 0.4) is 0 Å². The minimum atomic E-state index is -1.02. The van der Waals surface area contributed by atoms with Crippen LogP contribution in [0.15, 0.2) is 60.7 Å². The summed E-state index contributed by atoms with van der Waals surface area (Å²) < 4.78 is 5.38. The number of aliphatic hydroxyl groups excluding tert-OH is 1. The Kier molecular flexibility index (Phi) is 14.3. The maximum atomic E-state index is 11.3. The van der Waals surface area contributed by atoms with Crippen LogP contribution in [-0.4, -0.2) is 45.7 Å². The molecule has 0 amide bonds. The van der Waals surface area contributed by atoms with E-state index in [1.807, 2.05) is 12.2 Å². The van der Waals surface area contributed by atoms with Crippen molar-refractivity contribution < 1.29 is 29.6 Å². The lowest BCUT2D eigenvalue weighted by Gasteiger charge is -2.20. The van der Waals surface area contributed by atoms with E-state index >= 15 is 0 Å². The lowest BCUT2D eigenvalue weighted by Crippen LogP contribution is -2.21. The van der Waals surface area contributed by atoms with Crippen LogP contribution in [0.4, 0.5) is 0 Å². The van der Waals surface area contributed by atoms with Gasteiger partial charge in [-0.25, -0.2) is 4.79 Å². The molecule has 0 saturated heterocycles. The molecule has 0 fully saturated rings. The lowest BCUT2D eigenvalue weighted by molar-refractivity contribution is -0.137. The zero-order valence-electron chi connectivity index (χ0n) is 22.3. The Labute approximate surface area is 230 Å². The molecule has 0 bridgehead atoms.